The SMILES string of the molecule is O=C(/C=C/C1(c2ccc(Oc3cnc4ccccc4n3)cc2)C=CC=C(c2ccc(Br)cc2)C1)c1ccccc1. The monoisotopic (exact) mass is 584 g/mol. The highest BCUT2D eigenvalue weighted by Gasteiger charge is 2.30. The third kappa shape index (κ3) is 5.56. The van der Waals surface area contributed by atoms with Gasteiger partial charge in [-0.05, 0) is 65.6 Å². The molecule has 5 aromatic rings. The fraction of sp³-hybridized carbons (Fsp3) is 0.0571. The van der Waals surface area contributed by atoms with Crippen LogP contribution in [0.4, 0.5) is 0 Å². The smallest absolute Gasteiger partial charge is 0.238 e. The highest BCUT2D eigenvalue weighted by atomic mass is 79.9. The molecule has 1 heterocycles. The number of hydrogen-bond acceptors (Lipinski definition) is 4. The van der Waals surface area contributed by atoms with Crippen LogP contribution in [0.5, 0.6) is 11.6 Å². The number of carbonyl (C=O) groups is 1. The van der Waals surface area contributed by atoms with E-state index >= 15 is 0 Å². The first-order chi connectivity index (χ1) is 19.6. The van der Waals surface area contributed by atoms with Gasteiger partial charge in [0.25, 0.3) is 0 Å². The molecule has 40 heavy (non-hydrogen) atoms. The second-order valence-electron chi connectivity index (χ2n) is 9.66. The molecular weight excluding hydrogens is 560 g/mol. The highest BCUT2D eigenvalue weighted by molar-refractivity contribution is 9.10. The number of hydrogen-bond donors (Lipinski definition) is 0. The molecule has 1 aliphatic carbocycles. The summed E-state index contributed by atoms with van der Waals surface area (Å²) in [7, 11) is 0. The summed E-state index contributed by atoms with van der Waals surface area (Å²) < 4.78 is 7.08. The van der Waals surface area contributed by atoms with Crippen LogP contribution < -0.4 is 4.74 Å². The summed E-state index contributed by atoms with van der Waals surface area (Å²) in [6.45, 7) is 0. The normalized spacial score (nSPS) is 16.7. The van der Waals surface area contributed by atoms with E-state index in [2.05, 4.69) is 68.4 Å². The minimum Gasteiger partial charge on any atom is -0.437 e. The van der Waals surface area contributed by atoms with E-state index in [-0.39, 0.29) is 5.78 Å². The van der Waals surface area contributed by atoms with Crippen LogP contribution in [-0.2, 0) is 5.41 Å². The number of ether oxygens (including phenoxy) is 1. The molecule has 0 radical (unpaired) electrons. The molecule has 0 saturated carbocycles. The number of halogens is 1. The third-order valence-electron chi connectivity index (χ3n) is 7.02. The van der Waals surface area contributed by atoms with Crippen molar-refractivity contribution in [2.45, 2.75) is 11.8 Å². The molecule has 0 saturated heterocycles. The van der Waals surface area contributed by atoms with Crippen LogP contribution in [0, 0.1) is 0 Å². The van der Waals surface area contributed by atoms with Crippen LogP contribution in [0.15, 0.2) is 144 Å². The molecule has 5 heteroatoms. The van der Waals surface area contributed by atoms with E-state index in [1.807, 2.05) is 84.9 Å². The van der Waals surface area contributed by atoms with Gasteiger partial charge in [-0.25, -0.2) is 9.97 Å². The van der Waals surface area contributed by atoms with Crippen molar-refractivity contribution in [1.29, 1.82) is 0 Å². The van der Waals surface area contributed by atoms with Crippen molar-refractivity contribution >= 4 is 38.3 Å². The van der Waals surface area contributed by atoms with Gasteiger partial charge in [-0.15, -0.1) is 0 Å². The van der Waals surface area contributed by atoms with Gasteiger partial charge in [-0.1, -0.05) is 107 Å². The Balaban J connectivity index is 1.31. The van der Waals surface area contributed by atoms with Crippen molar-refractivity contribution in [2.75, 3.05) is 0 Å². The number of allylic oxidation sites excluding steroid dienone is 6. The number of para-hydroxylation sites is 2. The Hall–Kier alpha value is -4.61. The maximum atomic E-state index is 13.0. The molecule has 0 aliphatic heterocycles. The van der Waals surface area contributed by atoms with E-state index in [1.54, 1.807) is 12.3 Å². The average molecular weight is 586 g/mol. The Morgan fingerprint density at radius 3 is 2.35 bits per heavy atom. The molecule has 4 aromatic carbocycles. The molecule has 6 rings (SSSR count). The zero-order valence-electron chi connectivity index (χ0n) is 21.6. The first kappa shape index (κ1) is 25.7. The number of benzene rings is 4. The van der Waals surface area contributed by atoms with Crippen LogP contribution in [-0.4, -0.2) is 15.8 Å². The average Bonchev–Trinajstić information content (AvgIpc) is 3.01. The molecule has 1 aromatic heterocycles. The predicted octanol–water partition coefficient (Wildman–Crippen LogP) is 8.90. The van der Waals surface area contributed by atoms with Gasteiger partial charge >= 0.3 is 0 Å². The minimum atomic E-state index is -0.511. The Bertz CT molecular complexity index is 1760. The summed E-state index contributed by atoms with van der Waals surface area (Å²) in [5, 5.41) is 0. The van der Waals surface area contributed by atoms with Crippen LogP contribution >= 0.6 is 15.9 Å². The number of aromatic nitrogens is 2. The molecule has 0 fully saturated rings. The lowest BCUT2D eigenvalue weighted by Gasteiger charge is -2.32. The molecule has 4 nitrogen and oxygen atoms in total. The second kappa shape index (κ2) is 11.2. The Morgan fingerprint density at radius 1 is 0.850 bits per heavy atom. The molecule has 0 spiro atoms. The lowest BCUT2D eigenvalue weighted by Crippen LogP contribution is -2.23. The number of carbonyl (C=O) groups excluding carboxylic acids is 1. The van der Waals surface area contributed by atoms with E-state index in [4.69, 9.17) is 4.74 Å². The molecule has 1 unspecified atom stereocenters. The summed E-state index contributed by atoms with van der Waals surface area (Å²) in [5.41, 5.74) is 5.15. The van der Waals surface area contributed by atoms with Gasteiger partial charge in [0.05, 0.1) is 17.2 Å². The van der Waals surface area contributed by atoms with Gasteiger partial charge in [0.15, 0.2) is 5.78 Å². The van der Waals surface area contributed by atoms with Crippen molar-refractivity contribution in [3.05, 3.63) is 161 Å². The van der Waals surface area contributed by atoms with E-state index in [0.29, 0.717) is 23.6 Å². The molecule has 0 amide bonds. The maximum Gasteiger partial charge on any atom is 0.238 e. The minimum absolute atomic E-state index is 0.0250. The predicted molar refractivity (Wildman–Crippen MR) is 164 cm³/mol. The van der Waals surface area contributed by atoms with Gasteiger partial charge in [0.2, 0.25) is 5.88 Å². The molecule has 194 valence electrons. The van der Waals surface area contributed by atoms with Crippen LogP contribution in [0.3, 0.4) is 0 Å². The van der Waals surface area contributed by atoms with Crippen LogP contribution in [0.1, 0.15) is 27.9 Å². The Kier molecular flexibility index (Phi) is 7.21. The zero-order chi connectivity index (χ0) is 27.4. The quantitative estimate of drug-likeness (QED) is 0.141. The van der Waals surface area contributed by atoms with Gasteiger partial charge in [-0.3, -0.25) is 4.79 Å². The van der Waals surface area contributed by atoms with E-state index in [9.17, 15) is 4.79 Å². The van der Waals surface area contributed by atoms with E-state index in [1.165, 1.54) is 5.57 Å². The zero-order valence-corrected chi connectivity index (χ0v) is 23.2. The number of ketones is 1. The van der Waals surface area contributed by atoms with Gasteiger partial charge < -0.3 is 4.74 Å². The van der Waals surface area contributed by atoms with Gasteiger partial charge in [0, 0.05) is 15.5 Å². The van der Waals surface area contributed by atoms with Crippen molar-refractivity contribution in [1.82, 2.24) is 9.97 Å². The van der Waals surface area contributed by atoms with Crippen LogP contribution in [0.2, 0.25) is 0 Å². The fourth-order valence-corrected chi connectivity index (χ4v) is 5.17. The number of fused-ring (bicyclic) bond motifs is 1. The Labute approximate surface area is 241 Å². The largest absolute Gasteiger partial charge is 0.437 e. The Morgan fingerprint density at radius 2 is 1.57 bits per heavy atom. The second-order valence-corrected chi connectivity index (χ2v) is 10.6. The number of nitrogens with zero attached hydrogens (tertiary/aromatic N) is 2. The summed E-state index contributed by atoms with van der Waals surface area (Å²) >= 11 is 3.53. The topological polar surface area (TPSA) is 52.1 Å². The third-order valence-corrected chi connectivity index (χ3v) is 7.55. The summed E-state index contributed by atoms with van der Waals surface area (Å²) in [4.78, 5) is 22.0. The molecule has 1 atom stereocenters. The highest BCUT2D eigenvalue weighted by Crippen LogP contribution is 2.41. The summed E-state index contributed by atoms with van der Waals surface area (Å²) in [6.07, 6.45) is 12.4. The maximum absolute atomic E-state index is 13.0. The lowest BCUT2D eigenvalue weighted by molar-refractivity contribution is 0.104. The molecule has 0 N–H and O–H groups in total. The standard InChI is InChI=1S/C35H25BrN2O2/c36-29-16-12-25(13-17-29)27-9-6-21-35(23-27,22-20-33(39)26-7-2-1-3-8-26)28-14-18-30(19-15-28)40-34-24-37-31-10-4-5-11-32(31)38-34/h1-22,24H,23H2/b22-20+. The van der Waals surface area contributed by atoms with E-state index in [0.717, 1.165) is 26.6 Å². The van der Waals surface area contributed by atoms with Crippen molar-refractivity contribution in [3.8, 4) is 11.6 Å². The summed E-state index contributed by atoms with van der Waals surface area (Å²) in [5.74, 6) is 1.08. The van der Waals surface area contributed by atoms with Crippen molar-refractivity contribution < 1.29 is 9.53 Å². The fourth-order valence-electron chi connectivity index (χ4n) is 4.91. The van der Waals surface area contributed by atoms with Gasteiger partial charge in [-0.2, -0.15) is 0 Å². The molecule has 1 aliphatic rings. The van der Waals surface area contributed by atoms with Crippen LogP contribution in [0.25, 0.3) is 16.6 Å². The van der Waals surface area contributed by atoms with E-state index < -0.39 is 5.41 Å². The van der Waals surface area contributed by atoms with Crippen molar-refractivity contribution in [2.24, 2.45) is 0 Å². The van der Waals surface area contributed by atoms with Crippen molar-refractivity contribution in [3.63, 3.8) is 0 Å². The summed E-state index contributed by atoms with van der Waals surface area (Å²) in [6, 6.07) is 33.3. The number of rotatable bonds is 7. The lowest BCUT2D eigenvalue weighted by atomic mass is 9.71. The van der Waals surface area contributed by atoms with Gasteiger partial charge in [0.1, 0.15) is 5.75 Å². The molecule has 0 bridgehead atoms. The molecular formula is C35H25BrN2O2. The first-order valence-corrected chi connectivity index (χ1v) is 13.8. The first-order valence-electron chi connectivity index (χ1n) is 13.0.